The molecule has 9 heteroatoms. The number of nitrogens with zero attached hydrogens (tertiary/aromatic N) is 7. The van der Waals surface area contributed by atoms with Gasteiger partial charge in [0.1, 0.15) is 11.5 Å². The predicted molar refractivity (Wildman–Crippen MR) is 134 cm³/mol. The van der Waals surface area contributed by atoms with Crippen LogP contribution in [0.4, 0.5) is 11.5 Å². The van der Waals surface area contributed by atoms with E-state index >= 15 is 0 Å². The smallest absolute Gasteiger partial charge is 0.179 e. The van der Waals surface area contributed by atoms with E-state index in [2.05, 4.69) is 44.9 Å². The summed E-state index contributed by atoms with van der Waals surface area (Å²) in [6, 6.07) is 12.0. The molecule has 0 atom stereocenters. The summed E-state index contributed by atoms with van der Waals surface area (Å²) in [6.07, 6.45) is 3.56. The number of nitrogens with one attached hydrogen (secondary N) is 1. The summed E-state index contributed by atoms with van der Waals surface area (Å²) in [4.78, 5) is 21.2. The normalized spacial score (nSPS) is 14.6. The van der Waals surface area contributed by atoms with Crippen LogP contribution < -0.4 is 10.3 Å². The molecule has 0 saturated carbocycles. The Morgan fingerprint density at radius 2 is 1.88 bits per heavy atom. The second-order valence-electron chi connectivity index (χ2n) is 8.24. The van der Waals surface area contributed by atoms with Crippen molar-refractivity contribution in [3.63, 3.8) is 0 Å². The summed E-state index contributed by atoms with van der Waals surface area (Å²) in [5.41, 5.74) is 8.51. The number of aryl methyl sites for hydroxylation is 2. The van der Waals surface area contributed by atoms with E-state index in [-0.39, 0.29) is 0 Å². The molecule has 0 radical (unpaired) electrons. The van der Waals surface area contributed by atoms with Crippen LogP contribution in [-0.2, 0) is 11.3 Å². The minimum absolute atomic E-state index is 0.574. The maximum Gasteiger partial charge on any atom is 0.179 e. The van der Waals surface area contributed by atoms with Crippen LogP contribution >= 0.6 is 0 Å². The average Bonchev–Trinajstić information content (AvgIpc) is 3.26. The van der Waals surface area contributed by atoms with Gasteiger partial charge in [0.2, 0.25) is 0 Å². The van der Waals surface area contributed by atoms with Gasteiger partial charge < -0.3 is 14.2 Å². The summed E-state index contributed by atoms with van der Waals surface area (Å²) in [5, 5.41) is 4.58. The Balaban J connectivity index is 1.63. The number of hydrogen-bond acceptors (Lipinski definition) is 8. The first kappa shape index (κ1) is 22.0. The lowest BCUT2D eigenvalue weighted by molar-refractivity contribution is 0.122. The number of pyridine rings is 1. The van der Waals surface area contributed by atoms with E-state index in [1.165, 1.54) is 5.56 Å². The zero-order valence-corrected chi connectivity index (χ0v) is 19.7. The molecule has 5 rings (SSSR count). The fourth-order valence-electron chi connectivity index (χ4n) is 4.08. The first-order valence-electron chi connectivity index (χ1n) is 11.5. The van der Waals surface area contributed by atoms with Crippen molar-refractivity contribution in [2.75, 3.05) is 36.6 Å². The number of imidazole rings is 1. The molecule has 0 amide bonds. The van der Waals surface area contributed by atoms with Crippen LogP contribution in [0.1, 0.15) is 25.2 Å². The summed E-state index contributed by atoms with van der Waals surface area (Å²) in [6.45, 7) is 9.64. The van der Waals surface area contributed by atoms with Crippen molar-refractivity contribution in [1.82, 2.24) is 24.5 Å². The van der Waals surface area contributed by atoms with Crippen molar-refractivity contribution in [2.24, 2.45) is 5.10 Å². The fourth-order valence-corrected chi connectivity index (χ4v) is 4.08. The SMILES string of the molecule is CCn1c(-c2ccncc2)nc2c(N3CCOCC3)nc(/C(C)=N/Nc3cccc(C)c3)nc21. The molecule has 0 spiro atoms. The Kier molecular flexibility index (Phi) is 6.18. The second-order valence-corrected chi connectivity index (χ2v) is 8.24. The molecule has 0 unspecified atom stereocenters. The van der Waals surface area contributed by atoms with E-state index in [4.69, 9.17) is 19.7 Å². The maximum absolute atomic E-state index is 5.58. The lowest BCUT2D eigenvalue weighted by atomic mass is 10.2. The van der Waals surface area contributed by atoms with E-state index in [1.807, 2.05) is 37.3 Å². The van der Waals surface area contributed by atoms with Gasteiger partial charge in [-0.15, -0.1) is 0 Å². The van der Waals surface area contributed by atoms with Crippen LogP contribution in [0.3, 0.4) is 0 Å². The van der Waals surface area contributed by atoms with E-state index in [0.717, 1.165) is 53.7 Å². The largest absolute Gasteiger partial charge is 0.378 e. The summed E-state index contributed by atoms with van der Waals surface area (Å²) in [7, 11) is 0. The third-order valence-corrected chi connectivity index (χ3v) is 5.84. The lowest BCUT2D eigenvalue weighted by Gasteiger charge is -2.28. The first-order chi connectivity index (χ1) is 16.6. The topological polar surface area (TPSA) is 93.4 Å². The monoisotopic (exact) mass is 456 g/mol. The third-order valence-electron chi connectivity index (χ3n) is 5.84. The quantitative estimate of drug-likeness (QED) is 0.347. The van der Waals surface area contributed by atoms with Gasteiger partial charge in [-0.25, -0.2) is 15.0 Å². The minimum Gasteiger partial charge on any atom is -0.378 e. The molecule has 9 nitrogen and oxygen atoms in total. The zero-order valence-electron chi connectivity index (χ0n) is 19.7. The van der Waals surface area contributed by atoms with Crippen molar-refractivity contribution >= 4 is 28.4 Å². The summed E-state index contributed by atoms with van der Waals surface area (Å²) < 4.78 is 7.70. The highest BCUT2D eigenvalue weighted by Crippen LogP contribution is 2.29. The molecule has 0 aliphatic carbocycles. The predicted octanol–water partition coefficient (Wildman–Crippen LogP) is 3.89. The highest BCUT2D eigenvalue weighted by molar-refractivity contribution is 5.99. The van der Waals surface area contributed by atoms with Gasteiger partial charge in [-0.2, -0.15) is 5.10 Å². The van der Waals surface area contributed by atoms with Crippen LogP contribution in [-0.4, -0.2) is 56.5 Å². The van der Waals surface area contributed by atoms with Gasteiger partial charge in [-0.3, -0.25) is 10.4 Å². The Bertz CT molecular complexity index is 1330. The average molecular weight is 457 g/mol. The van der Waals surface area contributed by atoms with Crippen LogP contribution in [0.2, 0.25) is 0 Å². The molecule has 3 aromatic heterocycles. The highest BCUT2D eigenvalue weighted by Gasteiger charge is 2.23. The first-order valence-corrected chi connectivity index (χ1v) is 11.5. The number of anilines is 2. The van der Waals surface area contributed by atoms with E-state index in [0.29, 0.717) is 24.7 Å². The number of hydrogen-bond donors (Lipinski definition) is 1. The van der Waals surface area contributed by atoms with Crippen molar-refractivity contribution in [3.05, 3.63) is 60.2 Å². The number of fused-ring (bicyclic) bond motifs is 1. The molecule has 4 heterocycles. The van der Waals surface area contributed by atoms with E-state index in [9.17, 15) is 0 Å². The molecular formula is C25H28N8O. The molecule has 1 aliphatic rings. The molecular weight excluding hydrogens is 428 g/mol. The number of morpholine rings is 1. The highest BCUT2D eigenvalue weighted by atomic mass is 16.5. The second kappa shape index (κ2) is 9.56. The zero-order chi connectivity index (χ0) is 23.5. The number of aromatic nitrogens is 5. The van der Waals surface area contributed by atoms with Gasteiger partial charge in [0.15, 0.2) is 22.8 Å². The molecule has 34 heavy (non-hydrogen) atoms. The molecule has 1 aliphatic heterocycles. The molecule has 1 fully saturated rings. The Morgan fingerprint density at radius 1 is 1.09 bits per heavy atom. The van der Waals surface area contributed by atoms with E-state index in [1.54, 1.807) is 12.4 Å². The number of hydrazone groups is 1. The standard InChI is InChI=1S/C25H28N8O/c1-4-33-23(19-8-10-26-11-9-19)27-21-24(32-12-14-34-15-13-32)28-22(29-25(21)33)18(3)30-31-20-7-5-6-17(2)16-20/h5-11,16,31H,4,12-15H2,1-3H3/b30-18+. The van der Waals surface area contributed by atoms with E-state index < -0.39 is 0 Å². The number of ether oxygens (including phenoxy) is 1. The van der Waals surface area contributed by atoms with Crippen LogP contribution in [0, 0.1) is 6.92 Å². The molecule has 1 aromatic carbocycles. The van der Waals surface area contributed by atoms with Crippen LogP contribution in [0.5, 0.6) is 0 Å². The maximum atomic E-state index is 5.58. The van der Waals surface area contributed by atoms with Gasteiger partial charge in [-0.05, 0) is 50.6 Å². The molecule has 1 N–H and O–H groups in total. The number of benzene rings is 1. The summed E-state index contributed by atoms with van der Waals surface area (Å²) in [5.74, 6) is 2.24. The molecule has 0 bridgehead atoms. The Hall–Kier alpha value is -3.85. The Labute approximate surface area is 198 Å². The number of rotatable bonds is 6. The van der Waals surface area contributed by atoms with Crippen LogP contribution in [0.15, 0.2) is 53.9 Å². The minimum atomic E-state index is 0.574. The van der Waals surface area contributed by atoms with Gasteiger partial charge in [-0.1, -0.05) is 12.1 Å². The van der Waals surface area contributed by atoms with Gasteiger partial charge >= 0.3 is 0 Å². The Morgan fingerprint density at radius 3 is 2.62 bits per heavy atom. The van der Waals surface area contributed by atoms with Crippen LogP contribution in [0.25, 0.3) is 22.6 Å². The fraction of sp³-hybridized carbons (Fsp3) is 0.320. The van der Waals surface area contributed by atoms with Crippen molar-refractivity contribution in [1.29, 1.82) is 0 Å². The molecule has 174 valence electrons. The molecule has 4 aromatic rings. The lowest BCUT2D eigenvalue weighted by Crippen LogP contribution is -2.37. The van der Waals surface area contributed by atoms with Crippen molar-refractivity contribution in [3.8, 4) is 11.4 Å². The molecule has 1 saturated heterocycles. The van der Waals surface area contributed by atoms with Gasteiger partial charge in [0.05, 0.1) is 18.9 Å². The van der Waals surface area contributed by atoms with Crippen molar-refractivity contribution < 1.29 is 4.74 Å². The third kappa shape index (κ3) is 4.34. The van der Waals surface area contributed by atoms with Gasteiger partial charge in [0, 0.05) is 37.6 Å². The summed E-state index contributed by atoms with van der Waals surface area (Å²) >= 11 is 0. The van der Waals surface area contributed by atoms with Gasteiger partial charge in [0.25, 0.3) is 0 Å². The van der Waals surface area contributed by atoms with Crippen molar-refractivity contribution in [2.45, 2.75) is 27.3 Å².